The maximum absolute atomic E-state index is 5.86. The second-order valence-corrected chi connectivity index (χ2v) is 5.80. The third-order valence-electron chi connectivity index (χ3n) is 3.23. The van der Waals surface area contributed by atoms with E-state index < -0.39 is 0 Å². The van der Waals surface area contributed by atoms with Crippen molar-refractivity contribution >= 4 is 11.8 Å². The van der Waals surface area contributed by atoms with Crippen molar-refractivity contribution in [2.45, 2.75) is 30.3 Å². The Labute approximate surface area is 123 Å². The summed E-state index contributed by atoms with van der Waals surface area (Å²) in [6.45, 7) is 0.813. The average Bonchev–Trinajstić information content (AvgIpc) is 3.31. The molecule has 1 fully saturated rings. The Morgan fingerprint density at radius 2 is 2.00 bits per heavy atom. The highest BCUT2D eigenvalue weighted by atomic mass is 32.2. The number of nitrogens with zero attached hydrogens (tertiary/aromatic N) is 1. The zero-order valence-electron chi connectivity index (χ0n) is 11.5. The van der Waals surface area contributed by atoms with E-state index >= 15 is 0 Å². The first-order valence-electron chi connectivity index (χ1n) is 6.84. The van der Waals surface area contributed by atoms with Crippen molar-refractivity contribution in [1.29, 1.82) is 0 Å². The van der Waals surface area contributed by atoms with Crippen LogP contribution in [0.3, 0.4) is 0 Å². The largest absolute Gasteiger partial charge is 0.457 e. The van der Waals surface area contributed by atoms with E-state index in [-0.39, 0.29) is 0 Å². The molecular formula is C16H18N2OS. The summed E-state index contributed by atoms with van der Waals surface area (Å²) in [7, 11) is 0. The highest BCUT2D eigenvalue weighted by molar-refractivity contribution is 7.98. The summed E-state index contributed by atoms with van der Waals surface area (Å²) in [5.74, 6) is 1.69. The Hall–Kier alpha value is -1.52. The number of benzene rings is 1. The number of thioether (sulfide) groups is 1. The average molecular weight is 286 g/mol. The number of ether oxygens (including phenoxy) is 1. The van der Waals surface area contributed by atoms with E-state index in [1.54, 1.807) is 18.0 Å². The fraction of sp³-hybridized carbons (Fsp3) is 0.312. The van der Waals surface area contributed by atoms with E-state index in [0.29, 0.717) is 6.04 Å². The molecule has 0 amide bonds. The van der Waals surface area contributed by atoms with Crippen molar-refractivity contribution in [3.05, 3.63) is 48.3 Å². The van der Waals surface area contributed by atoms with E-state index in [4.69, 9.17) is 4.74 Å². The van der Waals surface area contributed by atoms with Crippen LogP contribution in [0, 0.1) is 0 Å². The maximum Gasteiger partial charge on any atom is 0.130 e. The molecule has 0 saturated heterocycles. The highest BCUT2D eigenvalue weighted by Crippen LogP contribution is 2.25. The van der Waals surface area contributed by atoms with Crippen molar-refractivity contribution in [3.8, 4) is 11.5 Å². The third kappa shape index (κ3) is 3.74. The van der Waals surface area contributed by atoms with Crippen LogP contribution in [0.1, 0.15) is 18.5 Å². The minimum absolute atomic E-state index is 0.695. The molecule has 1 heterocycles. The van der Waals surface area contributed by atoms with Gasteiger partial charge in [-0.2, -0.15) is 0 Å². The Morgan fingerprint density at radius 1 is 1.20 bits per heavy atom. The van der Waals surface area contributed by atoms with Crippen LogP contribution in [-0.4, -0.2) is 17.3 Å². The fourth-order valence-corrected chi connectivity index (χ4v) is 2.34. The number of pyridine rings is 1. The summed E-state index contributed by atoms with van der Waals surface area (Å²) in [4.78, 5) is 5.60. The van der Waals surface area contributed by atoms with Gasteiger partial charge >= 0.3 is 0 Å². The van der Waals surface area contributed by atoms with Gasteiger partial charge in [-0.3, -0.25) is 4.98 Å². The Morgan fingerprint density at radius 3 is 2.70 bits per heavy atom. The zero-order chi connectivity index (χ0) is 13.8. The second-order valence-electron chi connectivity index (χ2n) is 4.92. The first-order valence-corrected chi connectivity index (χ1v) is 8.06. The van der Waals surface area contributed by atoms with E-state index in [0.717, 1.165) is 23.7 Å². The normalized spacial score (nSPS) is 14.2. The lowest BCUT2D eigenvalue weighted by molar-refractivity contribution is 0.480. The molecule has 0 bridgehead atoms. The highest BCUT2D eigenvalue weighted by Gasteiger charge is 2.20. The van der Waals surface area contributed by atoms with Gasteiger partial charge in [-0.05, 0) is 49.4 Å². The van der Waals surface area contributed by atoms with Crippen LogP contribution in [0.5, 0.6) is 11.5 Å². The van der Waals surface area contributed by atoms with Crippen LogP contribution in [0.15, 0.2) is 47.5 Å². The van der Waals surface area contributed by atoms with Crippen LogP contribution in [0.25, 0.3) is 0 Å². The number of rotatable bonds is 6. The lowest BCUT2D eigenvalue weighted by atomic mass is 10.3. The summed E-state index contributed by atoms with van der Waals surface area (Å²) in [6.07, 6.45) is 6.45. The van der Waals surface area contributed by atoms with Crippen molar-refractivity contribution < 1.29 is 4.74 Å². The molecule has 3 nitrogen and oxygen atoms in total. The van der Waals surface area contributed by atoms with E-state index in [9.17, 15) is 0 Å². The standard InChI is InChI=1S/C16H18N2OS/c1-20-16-6-4-14(5-7-16)19-15-8-9-17-13(10-15)11-18-12-2-3-12/h4-10,12,18H,2-3,11H2,1H3. The van der Waals surface area contributed by atoms with Crippen molar-refractivity contribution in [3.63, 3.8) is 0 Å². The summed E-state index contributed by atoms with van der Waals surface area (Å²) in [6, 6.07) is 12.7. The molecule has 3 rings (SSSR count). The first-order chi connectivity index (χ1) is 9.83. The third-order valence-corrected chi connectivity index (χ3v) is 3.98. The van der Waals surface area contributed by atoms with Gasteiger partial charge in [0, 0.05) is 29.7 Å². The molecule has 1 aliphatic rings. The lowest BCUT2D eigenvalue weighted by Gasteiger charge is -2.08. The molecule has 1 N–H and O–H groups in total. The van der Waals surface area contributed by atoms with Crippen LogP contribution in [0.4, 0.5) is 0 Å². The minimum Gasteiger partial charge on any atom is -0.457 e. The summed E-state index contributed by atoms with van der Waals surface area (Å²) < 4.78 is 5.86. The molecule has 1 aromatic heterocycles. The van der Waals surface area contributed by atoms with Gasteiger partial charge in [0.15, 0.2) is 0 Å². The fourth-order valence-electron chi connectivity index (χ4n) is 1.93. The summed E-state index contributed by atoms with van der Waals surface area (Å²) in [5, 5.41) is 3.46. The molecule has 1 saturated carbocycles. The molecule has 0 aliphatic heterocycles. The Kier molecular flexibility index (Phi) is 4.23. The Balaban J connectivity index is 1.64. The quantitative estimate of drug-likeness (QED) is 0.818. The summed E-state index contributed by atoms with van der Waals surface area (Å²) >= 11 is 1.73. The van der Waals surface area contributed by atoms with E-state index in [1.807, 2.05) is 24.3 Å². The molecule has 0 spiro atoms. The van der Waals surface area contributed by atoms with Crippen molar-refractivity contribution in [1.82, 2.24) is 10.3 Å². The van der Waals surface area contributed by atoms with Gasteiger partial charge in [-0.1, -0.05) is 0 Å². The Bertz CT molecular complexity index is 567. The molecule has 0 radical (unpaired) electrons. The molecule has 4 heteroatoms. The molecular weight excluding hydrogens is 268 g/mol. The van der Waals surface area contributed by atoms with Crippen LogP contribution in [-0.2, 0) is 6.54 Å². The van der Waals surface area contributed by atoms with Gasteiger partial charge in [0.1, 0.15) is 11.5 Å². The number of hydrogen-bond donors (Lipinski definition) is 1. The van der Waals surface area contributed by atoms with Gasteiger partial charge in [-0.15, -0.1) is 11.8 Å². The SMILES string of the molecule is CSc1ccc(Oc2ccnc(CNC3CC3)c2)cc1. The molecule has 1 aliphatic carbocycles. The number of hydrogen-bond acceptors (Lipinski definition) is 4. The predicted molar refractivity (Wildman–Crippen MR) is 82.4 cm³/mol. The lowest BCUT2D eigenvalue weighted by Crippen LogP contribution is -2.16. The molecule has 0 unspecified atom stereocenters. The van der Waals surface area contributed by atoms with Crippen molar-refractivity contribution in [2.75, 3.05) is 6.26 Å². The van der Waals surface area contributed by atoms with Gasteiger partial charge in [0.25, 0.3) is 0 Å². The number of aromatic nitrogens is 1. The van der Waals surface area contributed by atoms with E-state index in [1.165, 1.54) is 17.7 Å². The van der Waals surface area contributed by atoms with Gasteiger partial charge < -0.3 is 10.1 Å². The van der Waals surface area contributed by atoms with Gasteiger partial charge in [0.05, 0.1) is 5.69 Å². The zero-order valence-corrected chi connectivity index (χ0v) is 12.3. The minimum atomic E-state index is 0.695. The van der Waals surface area contributed by atoms with Crippen LogP contribution in [0.2, 0.25) is 0 Å². The monoisotopic (exact) mass is 286 g/mol. The molecule has 0 atom stereocenters. The van der Waals surface area contributed by atoms with Crippen molar-refractivity contribution in [2.24, 2.45) is 0 Å². The number of nitrogens with one attached hydrogen (secondary N) is 1. The maximum atomic E-state index is 5.86. The second kappa shape index (κ2) is 6.29. The van der Waals surface area contributed by atoms with Gasteiger partial charge in [-0.25, -0.2) is 0 Å². The topological polar surface area (TPSA) is 34.1 Å². The summed E-state index contributed by atoms with van der Waals surface area (Å²) in [5.41, 5.74) is 1.02. The molecule has 2 aromatic rings. The first kappa shape index (κ1) is 13.5. The van der Waals surface area contributed by atoms with E-state index in [2.05, 4.69) is 28.7 Å². The molecule has 1 aromatic carbocycles. The molecule has 20 heavy (non-hydrogen) atoms. The van der Waals surface area contributed by atoms with Crippen LogP contribution >= 0.6 is 11.8 Å². The molecule has 104 valence electrons. The predicted octanol–water partition coefficient (Wildman–Crippen LogP) is 3.85. The smallest absolute Gasteiger partial charge is 0.130 e. The van der Waals surface area contributed by atoms with Crippen LogP contribution < -0.4 is 10.1 Å². The van der Waals surface area contributed by atoms with Gasteiger partial charge in [0.2, 0.25) is 0 Å².